The van der Waals surface area contributed by atoms with Crippen LogP contribution in [-0.2, 0) is 28.7 Å². The van der Waals surface area contributed by atoms with Gasteiger partial charge in [0.25, 0.3) is 0 Å². The van der Waals surface area contributed by atoms with Crippen LogP contribution >= 0.6 is 11.6 Å². The molecule has 2 rings (SSSR count). The number of benzene rings is 2. The highest BCUT2D eigenvalue weighted by Gasteiger charge is 2.33. The molecule has 0 spiro atoms. The van der Waals surface area contributed by atoms with Crippen LogP contribution in [0.5, 0.6) is 0 Å². The Balaban J connectivity index is 2.00. The fraction of sp³-hybridized carbons (Fsp3) is 0.222. The molecular weight excluding hydrogens is 387 g/mol. The number of alkyl carbamates (subject to hydrolysis) is 1. The van der Waals surface area contributed by atoms with Gasteiger partial charge in [-0.3, -0.25) is 0 Å². The van der Waals surface area contributed by atoms with Crippen LogP contribution < -0.4 is 5.32 Å². The minimum absolute atomic E-state index is 0.0505. The van der Waals surface area contributed by atoms with Crippen LogP contribution in [0.1, 0.15) is 16.7 Å². The van der Waals surface area contributed by atoms with Crippen LogP contribution in [0.2, 0.25) is 5.02 Å². The molecule has 27 heavy (non-hydrogen) atoms. The van der Waals surface area contributed by atoms with Crippen LogP contribution in [0.25, 0.3) is 0 Å². The fourth-order valence-corrected chi connectivity index (χ4v) is 2.57. The van der Waals surface area contributed by atoms with Gasteiger partial charge in [0.05, 0.1) is 10.6 Å². The number of ether oxygens (including phenoxy) is 1. The quantitative estimate of drug-likeness (QED) is 0.757. The molecule has 2 aromatic carbocycles. The maximum atomic E-state index is 12.7. The highest BCUT2D eigenvalue weighted by Crippen LogP contribution is 2.35. The van der Waals surface area contributed by atoms with E-state index < -0.39 is 34.9 Å². The zero-order valence-corrected chi connectivity index (χ0v) is 14.6. The molecule has 0 aliphatic rings. The molecule has 144 valence electrons. The van der Waals surface area contributed by atoms with Gasteiger partial charge < -0.3 is 15.2 Å². The number of carbonyl (C=O) groups excluding carboxylic acids is 1. The average Bonchev–Trinajstić information content (AvgIpc) is 2.59. The largest absolute Gasteiger partial charge is 0.480 e. The summed E-state index contributed by atoms with van der Waals surface area (Å²) in [7, 11) is 0. The number of carbonyl (C=O) groups is 2. The predicted octanol–water partition coefficient (Wildman–Crippen LogP) is 4.28. The molecule has 0 aliphatic heterocycles. The zero-order chi connectivity index (χ0) is 20.0. The molecule has 0 fully saturated rings. The lowest BCUT2D eigenvalue weighted by molar-refractivity contribution is -0.139. The third-order valence-corrected chi connectivity index (χ3v) is 3.89. The van der Waals surface area contributed by atoms with E-state index in [0.29, 0.717) is 5.56 Å². The molecule has 0 bridgehead atoms. The van der Waals surface area contributed by atoms with Gasteiger partial charge in [-0.25, -0.2) is 9.59 Å². The number of hydrogen-bond donors (Lipinski definition) is 2. The molecule has 0 radical (unpaired) electrons. The third kappa shape index (κ3) is 6.18. The van der Waals surface area contributed by atoms with Crippen molar-refractivity contribution < 1.29 is 32.6 Å². The molecule has 9 heteroatoms. The molecule has 0 saturated carbocycles. The first-order valence-corrected chi connectivity index (χ1v) is 8.10. The zero-order valence-electron chi connectivity index (χ0n) is 13.8. The van der Waals surface area contributed by atoms with E-state index in [1.165, 1.54) is 0 Å². The number of halogens is 4. The van der Waals surface area contributed by atoms with E-state index in [4.69, 9.17) is 16.3 Å². The van der Waals surface area contributed by atoms with Gasteiger partial charge in [-0.1, -0.05) is 48.0 Å². The fourth-order valence-electron chi connectivity index (χ4n) is 2.26. The Morgan fingerprint density at radius 2 is 1.78 bits per heavy atom. The van der Waals surface area contributed by atoms with E-state index in [0.717, 1.165) is 18.2 Å². The predicted molar refractivity (Wildman–Crippen MR) is 91.3 cm³/mol. The number of carboxylic acids is 1. The lowest BCUT2D eigenvalue weighted by atomic mass is 10.0. The number of hydrogen-bond acceptors (Lipinski definition) is 3. The second-order valence-corrected chi connectivity index (χ2v) is 6.02. The molecule has 0 saturated heterocycles. The summed E-state index contributed by atoms with van der Waals surface area (Å²) in [5.74, 6) is -1.36. The second kappa shape index (κ2) is 8.77. The van der Waals surface area contributed by atoms with Crippen molar-refractivity contribution >= 4 is 23.7 Å². The first-order valence-electron chi connectivity index (χ1n) is 7.72. The SMILES string of the molecule is O=C(NC(Cc1ccc(C(F)(F)F)c(Cl)c1)C(=O)O)OCc1ccccc1. The van der Waals surface area contributed by atoms with Crippen LogP contribution in [0, 0.1) is 0 Å². The van der Waals surface area contributed by atoms with E-state index in [1.807, 2.05) is 0 Å². The molecule has 1 amide bonds. The van der Waals surface area contributed by atoms with E-state index in [2.05, 4.69) is 5.32 Å². The monoisotopic (exact) mass is 401 g/mol. The van der Waals surface area contributed by atoms with E-state index in [1.54, 1.807) is 30.3 Å². The van der Waals surface area contributed by atoms with Crippen molar-refractivity contribution in [3.05, 3.63) is 70.2 Å². The van der Waals surface area contributed by atoms with Gasteiger partial charge in [-0.2, -0.15) is 13.2 Å². The van der Waals surface area contributed by atoms with Crippen molar-refractivity contribution in [3.8, 4) is 0 Å². The maximum Gasteiger partial charge on any atom is 0.417 e. The number of alkyl halides is 3. The molecular formula is C18H15ClF3NO4. The summed E-state index contributed by atoms with van der Waals surface area (Å²) in [4.78, 5) is 23.1. The number of nitrogens with one attached hydrogen (secondary N) is 1. The summed E-state index contributed by atoms with van der Waals surface area (Å²) in [6.45, 7) is -0.0505. The molecule has 1 atom stereocenters. The molecule has 5 nitrogen and oxygen atoms in total. The Bertz CT molecular complexity index is 812. The van der Waals surface area contributed by atoms with Crippen molar-refractivity contribution in [2.75, 3.05) is 0 Å². The molecule has 0 heterocycles. The lowest BCUT2D eigenvalue weighted by Gasteiger charge is -2.16. The topological polar surface area (TPSA) is 75.6 Å². The van der Waals surface area contributed by atoms with Gasteiger partial charge in [0.15, 0.2) is 0 Å². The smallest absolute Gasteiger partial charge is 0.417 e. The number of carboxylic acid groups (broad SMARTS) is 1. The maximum absolute atomic E-state index is 12.7. The minimum atomic E-state index is -4.61. The van der Waals surface area contributed by atoms with E-state index in [-0.39, 0.29) is 18.6 Å². The average molecular weight is 402 g/mol. The first-order chi connectivity index (χ1) is 12.7. The lowest BCUT2D eigenvalue weighted by Crippen LogP contribution is -2.42. The highest BCUT2D eigenvalue weighted by molar-refractivity contribution is 6.31. The summed E-state index contributed by atoms with van der Waals surface area (Å²) in [6, 6.07) is 10.3. The Labute approximate surface area is 157 Å². The second-order valence-electron chi connectivity index (χ2n) is 5.61. The van der Waals surface area contributed by atoms with Crippen LogP contribution in [0.3, 0.4) is 0 Å². The first kappa shape index (κ1) is 20.6. The van der Waals surface area contributed by atoms with Crippen molar-refractivity contribution in [2.45, 2.75) is 25.2 Å². The van der Waals surface area contributed by atoms with Gasteiger partial charge in [0.1, 0.15) is 12.6 Å². The number of amides is 1. The number of aliphatic carboxylic acids is 1. The van der Waals surface area contributed by atoms with Crippen LogP contribution in [0.4, 0.5) is 18.0 Å². The van der Waals surface area contributed by atoms with Gasteiger partial charge in [0, 0.05) is 6.42 Å². The van der Waals surface area contributed by atoms with Crippen molar-refractivity contribution in [1.29, 1.82) is 0 Å². The van der Waals surface area contributed by atoms with Gasteiger partial charge >= 0.3 is 18.2 Å². The third-order valence-electron chi connectivity index (χ3n) is 3.58. The van der Waals surface area contributed by atoms with Gasteiger partial charge in [0.2, 0.25) is 0 Å². The Morgan fingerprint density at radius 3 is 2.33 bits per heavy atom. The van der Waals surface area contributed by atoms with Crippen molar-refractivity contribution in [2.24, 2.45) is 0 Å². The normalized spacial score (nSPS) is 12.3. The molecule has 2 aromatic rings. The molecule has 1 unspecified atom stereocenters. The summed E-state index contributed by atoms with van der Waals surface area (Å²) in [5.41, 5.74) is -0.0761. The van der Waals surface area contributed by atoms with Gasteiger partial charge in [-0.05, 0) is 23.3 Å². The Kier molecular flexibility index (Phi) is 6.68. The molecule has 2 N–H and O–H groups in total. The minimum Gasteiger partial charge on any atom is -0.480 e. The molecule has 0 aromatic heterocycles. The molecule has 0 aliphatic carbocycles. The van der Waals surface area contributed by atoms with Crippen molar-refractivity contribution in [1.82, 2.24) is 5.32 Å². The van der Waals surface area contributed by atoms with E-state index >= 15 is 0 Å². The van der Waals surface area contributed by atoms with Gasteiger partial charge in [-0.15, -0.1) is 0 Å². The highest BCUT2D eigenvalue weighted by atomic mass is 35.5. The summed E-state index contributed by atoms with van der Waals surface area (Å²) in [5, 5.41) is 10.9. The Hall–Kier alpha value is -2.74. The summed E-state index contributed by atoms with van der Waals surface area (Å²) in [6.07, 6.45) is -5.82. The summed E-state index contributed by atoms with van der Waals surface area (Å²) >= 11 is 5.62. The summed E-state index contributed by atoms with van der Waals surface area (Å²) < 4.78 is 43.1. The van der Waals surface area contributed by atoms with E-state index in [9.17, 15) is 27.9 Å². The Morgan fingerprint density at radius 1 is 1.11 bits per heavy atom. The van der Waals surface area contributed by atoms with Crippen LogP contribution in [0.15, 0.2) is 48.5 Å². The van der Waals surface area contributed by atoms with Crippen molar-refractivity contribution in [3.63, 3.8) is 0 Å². The standard InChI is InChI=1S/C18H15ClF3NO4/c19-14-8-12(6-7-13(14)18(20,21)22)9-15(16(24)25)23-17(26)27-10-11-4-2-1-3-5-11/h1-8,15H,9-10H2,(H,23,26)(H,24,25). The van der Waals surface area contributed by atoms with Crippen LogP contribution in [-0.4, -0.2) is 23.2 Å². The number of rotatable bonds is 6.